The van der Waals surface area contributed by atoms with Gasteiger partial charge in [-0.1, -0.05) is 0 Å². The van der Waals surface area contributed by atoms with Gasteiger partial charge in [0.15, 0.2) is 0 Å². The molecule has 1 atom stereocenters. The fourth-order valence-electron chi connectivity index (χ4n) is 1.05. The van der Waals surface area contributed by atoms with Crippen molar-refractivity contribution < 1.29 is 18.0 Å². The van der Waals surface area contributed by atoms with E-state index in [-0.39, 0.29) is 24.7 Å². The van der Waals surface area contributed by atoms with Crippen molar-refractivity contribution in [3.05, 3.63) is 0 Å². The van der Waals surface area contributed by atoms with E-state index < -0.39 is 22.0 Å². The second-order valence-corrected chi connectivity index (χ2v) is 5.12. The van der Waals surface area contributed by atoms with Gasteiger partial charge in [0, 0.05) is 6.54 Å². The van der Waals surface area contributed by atoms with Crippen molar-refractivity contribution in [3.63, 3.8) is 0 Å². The number of carbonyl (C=O) groups is 2. The molecule has 1 aliphatic heterocycles. The highest BCUT2D eigenvalue weighted by Gasteiger charge is 2.26. The van der Waals surface area contributed by atoms with Crippen LogP contribution in [0.2, 0.25) is 0 Å². The molecule has 15 heavy (non-hydrogen) atoms. The van der Waals surface area contributed by atoms with Gasteiger partial charge < -0.3 is 5.32 Å². The molecule has 0 aromatic rings. The van der Waals surface area contributed by atoms with E-state index in [4.69, 9.17) is 0 Å². The lowest BCUT2D eigenvalue weighted by atomic mass is 10.2. The van der Waals surface area contributed by atoms with Crippen molar-refractivity contribution in [3.8, 4) is 0 Å². The number of hydrogen-bond acceptors (Lipinski definition) is 5. The van der Waals surface area contributed by atoms with Crippen molar-refractivity contribution in [1.82, 2.24) is 15.4 Å². The molecule has 86 valence electrons. The van der Waals surface area contributed by atoms with Gasteiger partial charge in [0.25, 0.3) is 5.91 Å². The minimum atomic E-state index is -3.53. The Morgan fingerprint density at radius 3 is 2.73 bits per heavy atom. The summed E-state index contributed by atoms with van der Waals surface area (Å²) in [4.78, 5) is 22.1. The fourth-order valence-corrected chi connectivity index (χ4v) is 1.64. The van der Waals surface area contributed by atoms with E-state index in [2.05, 4.69) is 10.6 Å². The van der Waals surface area contributed by atoms with Gasteiger partial charge in [-0.25, -0.2) is 8.42 Å². The molecule has 0 saturated carbocycles. The first-order valence-electron chi connectivity index (χ1n) is 4.49. The van der Waals surface area contributed by atoms with Gasteiger partial charge >= 0.3 is 0 Å². The van der Waals surface area contributed by atoms with Gasteiger partial charge in [0.2, 0.25) is 15.9 Å². The summed E-state index contributed by atoms with van der Waals surface area (Å²) in [5.41, 5.74) is 0. The predicted molar refractivity (Wildman–Crippen MR) is 52.4 cm³/mol. The molecule has 1 aliphatic rings. The van der Waals surface area contributed by atoms with Crippen LogP contribution in [0, 0.1) is 0 Å². The normalized spacial score (nSPS) is 21.9. The van der Waals surface area contributed by atoms with E-state index in [0.29, 0.717) is 0 Å². The Morgan fingerprint density at radius 2 is 2.27 bits per heavy atom. The number of hydrogen-bond donors (Lipinski definition) is 3. The molecule has 1 heterocycles. The Balaban J connectivity index is 2.52. The van der Waals surface area contributed by atoms with Crippen LogP contribution in [0.3, 0.4) is 0 Å². The number of rotatable bonds is 3. The first kappa shape index (κ1) is 11.9. The molecule has 0 aliphatic carbocycles. The number of amides is 2. The summed E-state index contributed by atoms with van der Waals surface area (Å²) in [5, 5.41) is 5.09. The van der Waals surface area contributed by atoms with Crippen molar-refractivity contribution in [2.24, 2.45) is 0 Å². The Bertz CT molecular complexity index is 354. The minimum absolute atomic E-state index is 0.0181. The van der Waals surface area contributed by atoms with E-state index in [1.165, 1.54) is 6.92 Å². The molecule has 1 fully saturated rings. The molecule has 3 N–H and O–H groups in total. The Hall–Kier alpha value is -1.15. The van der Waals surface area contributed by atoms with Gasteiger partial charge in [0.1, 0.15) is 6.04 Å². The fraction of sp³-hybridized carbons (Fsp3) is 0.714. The zero-order valence-corrected chi connectivity index (χ0v) is 9.06. The van der Waals surface area contributed by atoms with Crippen LogP contribution in [-0.2, 0) is 19.6 Å². The van der Waals surface area contributed by atoms with Crippen LogP contribution in [0.5, 0.6) is 0 Å². The largest absolute Gasteiger partial charge is 0.353 e. The molecular weight excluding hydrogens is 222 g/mol. The summed E-state index contributed by atoms with van der Waals surface area (Å²) in [6.45, 7) is 1.56. The first-order chi connectivity index (χ1) is 6.94. The second kappa shape index (κ2) is 4.58. The number of piperazine rings is 1. The van der Waals surface area contributed by atoms with Crippen LogP contribution in [0.25, 0.3) is 0 Å². The molecule has 0 bridgehead atoms. The molecular formula is C7H13N3O4S. The Morgan fingerprint density at radius 1 is 1.60 bits per heavy atom. The van der Waals surface area contributed by atoms with Crippen molar-refractivity contribution >= 4 is 21.8 Å². The monoisotopic (exact) mass is 235 g/mol. The van der Waals surface area contributed by atoms with Crippen LogP contribution < -0.4 is 15.4 Å². The maximum Gasteiger partial charge on any atom is 0.252 e. The summed E-state index contributed by atoms with van der Waals surface area (Å²) in [5.74, 6) is -1.01. The zero-order chi connectivity index (χ0) is 11.5. The lowest BCUT2D eigenvalue weighted by molar-refractivity contribution is -0.125. The number of nitrogens with one attached hydrogen (secondary N) is 3. The highest BCUT2D eigenvalue weighted by molar-refractivity contribution is 7.90. The molecule has 8 heteroatoms. The van der Waals surface area contributed by atoms with E-state index in [0.717, 1.165) is 0 Å². The highest BCUT2D eigenvalue weighted by atomic mass is 32.2. The van der Waals surface area contributed by atoms with Gasteiger partial charge in [-0.3, -0.25) is 19.6 Å². The average molecular weight is 235 g/mol. The lowest BCUT2D eigenvalue weighted by Gasteiger charge is -2.22. The quantitative estimate of drug-likeness (QED) is 0.503. The van der Waals surface area contributed by atoms with E-state index in [9.17, 15) is 18.0 Å². The van der Waals surface area contributed by atoms with E-state index >= 15 is 0 Å². The van der Waals surface area contributed by atoms with Crippen molar-refractivity contribution in [2.75, 3.05) is 18.8 Å². The molecule has 1 rings (SSSR count). The summed E-state index contributed by atoms with van der Waals surface area (Å²) < 4.78 is 24.0. The summed E-state index contributed by atoms with van der Waals surface area (Å²) in [6, 6.07) is -0.691. The van der Waals surface area contributed by atoms with Gasteiger partial charge in [0.05, 0.1) is 12.3 Å². The molecule has 7 nitrogen and oxygen atoms in total. The molecule has 0 aromatic heterocycles. The molecule has 0 spiro atoms. The average Bonchev–Trinajstić information content (AvgIpc) is 2.18. The SMILES string of the molecule is CCS(=O)(=O)NC(=O)C1CNC(=O)CN1. The van der Waals surface area contributed by atoms with E-state index in [1.807, 2.05) is 4.72 Å². The third-order valence-electron chi connectivity index (χ3n) is 1.96. The van der Waals surface area contributed by atoms with Crippen LogP contribution in [-0.4, -0.2) is 45.1 Å². The number of sulfonamides is 1. The van der Waals surface area contributed by atoms with Crippen LogP contribution in [0.1, 0.15) is 6.92 Å². The lowest BCUT2D eigenvalue weighted by Crippen LogP contribution is -2.58. The number of carbonyl (C=O) groups excluding carboxylic acids is 2. The summed E-state index contributed by atoms with van der Waals surface area (Å²) in [7, 11) is -3.53. The molecule has 1 saturated heterocycles. The van der Waals surface area contributed by atoms with Gasteiger partial charge in [-0.2, -0.15) is 0 Å². The Labute approximate surface area is 87.7 Å². The summed E-state index contributed by atoms with van der Waals surface area (Å²) in [6.07, 6.45) is 0. The molecule has 2 amide bonds. The maximum absolute atomic E-state index is 11.4. The summed E-state index contributed by atoms with van der Waals surface area (Å²) >= 11 is 0. The third kappa shape index (κ3) is 3.48. The zero-order valence-electron chi connectivity index (χ0n) is 8.24. The van der Waals surface area contributed by atoms with Crippen LogP contribution >= 0.6 is 0 Å². The molecule has 0 aromatic carbocycles. The van der Waals surface area contributed by atoms with Crippen molar-refractivity contribution in [2.45, 2.75) is 13.0 Å². The Kier molecular flexibility index (Phi) is 3.64. The minimum Gasteiger partial charge on any atom is -0.353 e. The van der Waals surface area contributed by atoms with E-state index in [1.54, 1.807) is 0 Å². The van der Waals surface area contributed by atoms with Crippen molar-refractivity contribution in [1.29, 1.82) is 0 Å². The van der Waals surface area contributed by atoms with Gasteiger partial charge in [-0.15, -0.1) is 0 Å². The smallest absolute Gasteiger partial charge is 0.252 e. The topological polar surface area (TPSA) is 104 Å². The molecule has 0 radical (unpaired) electrons. The molecule has 1 unspecified atom stereocenters. The maximum atomic E-state index is 11.4. The third-order valence-corrected chi connectivity index (χ3v) is 3.24. The standard InChI is InChI=1S/C7H13N3O4S/c1-2-15(13,14)10-7(12)5-3-9-6(11)4-8-5/h5,8H,2-4H2,1H3,(H,9,11)(H,10,12). The van der Waals surface area contributed by atoms with Gasteiger partial charge in [-0.05, 0) is 6.92 Å². The van der Waals surface area contributed by atoms with Crippen LogP contribution in [0.15, 0.2) is 0 Å². The first-order valence-corrected chi connectivity index (χ1v) is 6.14. The second-order valence-electron chi connectivity index (χ2n) is 3.11. The predicted octanol–water partition coefficient (Wildman–Crippen LogP) is -2.46. The highest BCUT2D eigenvalue weighted by Crippen LogP contribution is 1.91. The van der Waals surface area contributed by atoms with Crippen LogP contribution in [0.4, 0.5) is 0 Å².